The first-order valence-electron chi connectivity index (χ1n) is 7.01. The van der Waals surface area contributed by atoms with E-state index >= 15 is 0 Å². The molecule has 0 aliphatic carbocycles. The average molecular weight is 309 g/mol. The van der Waals surface area contributed by atoms with Gasteiger partial charge >= 0.3 is 0 Å². The van der Waals surface area contributed by atoms with Crippen LogP contribution >= 0.6 is 0 Å². The van der Waals surface area contributed by atoms with E-state index in [-0.39, 0.29) is 16.9 Å². The summed E-state index contributed by atoms with van der Waals surface area (Å²) in [5, 5.41) is 6.72. The van der Waals surface area contributed by atoms with Crippen LogP contribution in [0.5, 0.6) is 0 Å². The minimum atomic E-state index is -0.439. The van der Waals surface area contributed by atoms with Crippen LogP contribution in [0.15, 0.2) is 53.7 Å². The molecule has 0 bridgehead atoms. The second kappa shape index (κ2) is 5.88. The zero-order chi connectivity index (χ0) is 16.4. The van der Waals surface area contributed by atoms with E-state index in [0.717, 1.165) is 0 Å². The van der Waals surface area contributed by atoms with Gasteiger partial charge in [0.25, 0.3) is 11.5 Å². The van der Waals surface area contributed by atoms with Crippen LogP contribution in [-0.4, -0.2) is 25.2 Å². The Balaban J connectivity index is 1.92. The molecule has 3 aromatic rings. The van der Waals surface area contributed by atoms with Crippen molar-refractivity contribution in [3.8, 4) is 5.82 Å². The molecule has 3 aromatic heterocycles. The van der Waals surface area contributed by atoms with E-state index in [2.05, 4.69) is 15.4 Å². The zero-order valence-electron chi connectivity index (χ0n) is 12.7. The van der Waals surface area contributed by atoms with Crippen LogP contribution in [0.25, 0.3) is 5.82 Å². The van der Waals surface area contributed by atoms with Gasteiger partial charge in [0.2, 0.25) is 0 Å². The lowest BCUT2D eigenvalue weighted by molar-refractivity contribution is 0.102. The van der Waals surface area contributed by atoms with Gasteiger partial charge in [0.1, 0.15) is 11.4 Å². The number of aryl methyl sites for hydroxylation is 2. The lowest BCUT2D eigenvalue weighted by Crippen LogP contribution is -2.25. The third-order valence-corrected chi connectivity index (χ3v) is 3.42. The first-order chi connectivity index (χ1) is 11.1. The number of anilines is 1. The molecule has 0 aromatic carbocycles. The lowest BCUT2D eigenvalue weighted by Gasteiger charge is -2.09. The fourth-order valence-corrected chi connectivity index (χ4v) is 2.13. The van der Waals surface area contributed by atoms with Crippen molar-refractivity contribution in [2.45, 2.75) is 6.92 Å². The molecule has 23 heavy (non-hydrogen) atoms. The summed E-state index contributed by atoms with van der Waals surface area (Å²) in [6.07, 6.45) is 5.02. The standard InChI is InChI=1S/C16H15N5O2/c1-11-7-10-20(2)16(23)14(11)19-15(22)12-5-3-6-13(18-12)21-9-4-8-17-21/h3-10H,1-2H3,(H,19,22). The minimum Gasteiger partial charge on any atom is -0.317 e. The molecule has 0 radical (unpaired) electrons. The van der Waals surface area contributed by atoms with Gasteiger partial charge in [-0.1, -0.05) is 6.07 Å². The topological polar surface area (TPSA) is 81.8 Å². The first kappa shape index (κ1) is 14.7. The lowest BCUT2D eigenvalue weighted by atomic mass is 10.2. The number of carbonyl (C=O) groups excluding carboxylic acids is 1. The normalized spacial score (nSPS) is 10.5. The third kappa shape index (κ3) is 2.89. The van der Waals surface area contributed by atoms with Gasteiger partial charge in [0.05, 0.1) is 0 Å². The average Bonchev–Trinajstić information content (AvgIpc) is 3.10. The van der Waals surface area contributed by atoms with Crippen molar-refractivity contribution in [1.29, 1.82) is 0 Å². The van der Waals surface area contributed by atoms with Gasteiger partial charge < -0.3 is 9.88 Å². The molecular weight excluding hydrogens is 294 g/mol. The Labute approximate surface area is 132 Å². The van der Waals surface area contributed by atoms with Crippen LogP contribution in [0.1, 0.15) is 16.1 Å². The van der Waals surface area contributed by atoms with E-state index in [4.69, 9.17) is 0 Å². The molecule has 0 atom stereocenters. The number of nitrogens with zero attached hydrogens (tertiary/aromatic N) is 4. The fourth-order valence-electron chi connectivity index (χ4n) is 2.13. The highest BCUT2D eigenvalue weighted by Gasteiger charge is 2.13. The summed E-state index contributed by atoms with van der Waals surface area (Å²) >= 11 is 0. The number of pyridine rings is 2. The molecular formula is C16H15N5O2. The minimum absolute atomic E-state index is 0.211. The van der Waals surface area contributed by atoms with E-state index in [0.29, 0.717) is 11.4 Å². The molecule has 3 rings (SSSR count). The number of rotatable bonds is 3. The highest BCUT2D eigenvalue weighted by atomic mass is 16.2. The van der Waals surface area contributed by atoms with Gasteiger partial charge in [-0.25, -0.2) is 9.67 Å². The Kier molecular flexibility index (Phi) is 3.76. The Bertz CT molecular complexity index is 912. The van der Waals surface area contributed by atoms with Crippen molar-refractivity contribution in [2.75, 3.05) is 5.32 Å². The molecule has 0 aliphatic rings. The van der Waals surface area contributed by atoms with Crippen LogP contribution in [0.3, 0.4) is 0 Å². The van der Waals surface area contributed by atoms with Crippen molar-refractivity contribution in [1.82, 2.24) is 19.3 Å². The Morgan fingerprint density at radius 3 is 2.74 bits per heavy atom. The Hall–Kier alpha value is -3.22. The number of hydrogen-bond donors (Lipinski definition) is 1. The number of nitrogens with one attached hydrogen (secondary N) is 1. The van der Waals surface area contributed by atoms with Gasteiger partial charge in [0, 0.05) is 25.6 Å². The second-order valence-corrected chi connectivity index (χ2v) is 5.08. The SMILES string of the molecule is Cc1ccn(C)c(=O)c1NC(=O)c1cccc(-n2cccn2)n1. The molecule has 0 saturated heterocycles. The molecule has 0 saturated carbocycles. The molecule has 0 aliphatic heterocycles. The number of hydrogen-bond acceptors (Lipinski definition) is 4. The first-order valence-corrected chi connectivity index (χ1v) is 7.01. The maximum absolute atomic E-state index is 12.4. The predicted molar refractivity (Wildman–Crippen MR) is 85.7 cm³/mol. The number of carbonyl (C=O) groups is 1. The molecule has 3 heterocycles. The van der Waals surface area contributed by atoms with Crippen molar-refractivity contribution in [3.05, 3.63) is 70.5 Å². The highest BCUT2D eigenvalue weighted by molar-refractivity contribution is 6.03. The monoisotopic (exact) mass is 309 g/mol. The third-order valence-electron chi connectivity index (χ3n) is 3.42. The molecule has 0 spiro atoms. The van der Waals surface area contributed by atoms with Crippen LogP contribution < -0.4 is 10.9 Å². The molecule has 0 fully saturated rings. The van der Waals surface area contributed by atoms with E-state index in [9.17, 15) is 9.59 Å². The summed E-state index contributed by atoms with van der Waals surface area (Å²) < 4.78 is 2.97. The second-order valence-electron chi connectivity index (χ2n) is 5.08. The van der Waals surface area contributed by atoms with Crippen molar-refractivity contribution >= 4 is 11.6 Å². The molecule has 7 heteroatoms. The van der Waals surface area contributed by atoms with Crippen LogP contribution in [0, 0.1) is 6.92 Å². The molecule has 0 unspecified atom stereocenters. The van der Waals surface area contributed by atoms with Crippen LogP contribution in [-0.2, 0) is 7.05 Å². The number of aromatic nitrogens is 4. The summed E-state index contributed by atoms with van der Waals surface area (Å²) in [4.78, 5) is 28.8. The van der Waals surface area contributed by atoms with Crippen LogP contribution in [0.4, 0.5) is 5.69 Å². The smallest absolute Gasteiger partial charge is 0.274 e. The maximum Gasteiger partial charge on any atom is 0.274 e. The zero-order valence-corrected chi connectivity index (χ0v) is 12.7. The highest BCUT2D eigenvalue weighted by Crippen LogP contribution is 2.10. The predicted octanol–water partition coefficient (Wildman–Crippen LogP) is 1.53. The Morgan fingerprint density at radius 1 is 1.17 bits per heavy atom. The van der Waals surface area contributed by atoms with Crippen molar-refractivity contribution in [2.24, 2.45) is 7.05 Å². The Morgan fingerprint density at radius 2 is 2.00 bits per heavy atom. The van der Waals surface area contributed by atoms with E-state index in [1.807, 2.05) is 0 Å². The molecule has 116 valence electrons. The van der Waals surface area contributed by atoms with Crippen LogP contribution in [0.2, 0.25) is 0 Å². The quantitative estimate of drug-likeness (QED) is 0.795. The molecule has 7 nitrogen and oxygen atoms in total. The summed E-state index contributed by atoms with van der Waals surface area (Å²) in [5.74, 6) is 0.0887. The van der Waals surface area contributed by atoms with Gasteiger partial charge in [-0.2, -0.15) is 5.10 Å². The summed E-state index contributed by atoms with van der Waals surface area (Å²) in [7, 11) is 1.63. The van der Waals surface area contributed by atoms with Gasteiger partial charge in [-0.15, -0.1) is 0 Å². The maximum atomic E-state index is 12.4. The van der Waals surface area contributed by atoms with E-state index < -0.39 is 5.91 Å². The largest absolute Gasteiger partial charge is 0.317 e. The van der Waals surface area contributed by atoms with Gasteiger partial charge in [0.15, 0.2) is 5.82 Å². The molecule has 1 N–H and O–H groups in total. The summed E-state index contributed by atoms with van der Waals surface area (Å²) in [6, 6.07) is 8.59. The van der Waals surface area contributed by atoms with Gasteiger partial charge in [-0.3, -0.25) is 9.59 Å². The number of amides is 1. The summed E-state index contributed by atoms with van der Waals surface area (Å²) in [6.45, 7) is 1.77. The fraction of sp³-hybridized carbons (Fsp3) is 0.125. The molecule has 1 amide bonds. The van der Waals surface area contributed by atoms with Crippen molar-refractivity contribution < 1.29 is 4.79 Å². The van der Waals surface area contributed by atoms with Gasteiger partial charge in [-0.05, 0) is 36.8 Å². The summed E-state index contributed by atoms with van der Waals surface area (Å²) in [5.41, 5.74) is 0.904. The van der Waals surface area contributed by atoms with E-state index in [1.54, 1.807) is 67.6 Å². The van der Waals surface area contributed by atoms with Crippen molar-refractivity contribution in [3.63, 3.8) is 0 Å². The van der Waals surface area contributed by atoms with E-state index in [1.165, 1.54) is 4.57 Å².